The Balaban J connectivity index is 2.01. The number of nitrogens with one attached hydrogen (secondary N) is 1. The Morgan fingerprint density at radius 3 is 2.31 bits per heavy atom. The van der Waals surface area contributed by atoms with Crippen LogP contribution in [0.1, 0.15) is 29.7 Å². The molecule has 0 bridgehead atoms. The van der Waals surface area contributed by atoms with Gasteiger partial charge in [-0.3, -0.25) is 4.79 Å². The lowest BCUT2D eigenvalue weighted by Crippen LogP contribution is -2.31. The molecule has 0 fully saturated rings. The van der Waals surface area contributed by atoms with Gasteiger partial charge in [-0.15, -0.1) is 0 Å². The van der Waals surface area contributed by atoms with Crippen LogP contribution in [0.15, 0.2) is 30.3 Å². The van der Waals surface area contributed by atoms with Crippen LogP contribution in [-0.4, -0.2) is 26.7 Å². The molecule has 6 heteroatoms. The first-order valence-electron chi connectivity index (χ1n) is 8.26. The Morgan fingerprint density at radius 2 is 1.73 bits per heavy atom. The van der Waals surface area contributed by atoms with Crippen molar-refractivity contribution in [1.29, 1.82) is 0 Å². The number of benzene rings is 2. The van der Waals surface area contributed by atoms with Gasteiger partial charge >= 0.3 is 0 Å². The molecule has 0 aromatic heterocycles. The highest BCUT2D eigenvalue weighted by Crippen LogP contribution is 2.29. The fourth-order valence-electron chi connectivity index (χ4n) is 2.68. The molecule has 5 nitrogen and oxygen atoms in total. The maximum Gasteiger partial charge on any atom is 0.258 e. The van der Waals surface area contributed by atoms with Gasteiger partial charge in [-0.05, 0) is 62.2 Å². The predicted octanol–water partition coefficient (Wildman–Crippen LogP) is 4.23. The minimum absolute atomic E-state index is 0.0862. The number of rotatable bonds is 7. The zero-order valence-electron chi connectivity index (χ0n) is 15.7. The van der Waals surface area contributed by atoms with Gasteiger partial charge in [-0.1, -0.05) is 11.6 Å². The first-order chi connectivity index (χ1) is 12.3. The summed E-state index contributed by atoms with van der Waals surface area (Å²) >= 11 is 6.15. The summed E-state index contributed by atoms with van der Waals surface area (Å²) in [6.07, 6.45) is 0. The van der Waals surface area contributed by atoms with Crippen LogP contribution in [-0.2, 0) is 4.79 Å². The topological polar surface area (TPSA) is 56.8 Å². The van der Waals surface area contributed by atoms with Crippen LogP contribution in [0.4, 0.5) is 0 Å². The SMILES string of the molecule is COc1ccc(OC)c([C@@H](C)NC(=O)COc2cc(C)c(Cl)c(C)c2)c1. The lowest BCUT2D eigenvalue weighted by molar-refractivity contribution is -0.123. The average Bonchev–Trinajstić information content (AvgIpc) is 2.63. The highest BCUT2D eigenvalue weighted by Gasteiger charge is 2.16. The second-order valence-electron chi connectivity index (χ2n) is 6.06. The van der Waals surface area contributed by atoms with Crippen LogP contribution in [0.2, 0.25) is 5.02 Å². The summed E-state index contributed by atoms with van der Waals surface area (Å²) in [5.74, 6) is 1.77. The third-order valence-corrected chi connectivity index (χ3v) is 4.66. The van der Waals surface area contributed by atoms with E-state index in [9.17, 15) is 4.79 Å². The minimum Gasteiger partial charge on any atom is -0.497 e. The molecule has 0 aliphatic heterocycles. The van der Waals surface area contributed by atoms with Crippen LogP contribution in [0.25, 0.3) is 0 Å². The summed E-state index contributed by atoms with van der Waals surface area (Å²) < 4.78 is 16.2. The van der Waals surface area contributed by atoms with Crippen molar-refractivity contribution in [2.75, 3.05) is 20.8 Å². The number of hydrogen-bond donors (Lipinski definition) is 1. The van der Waals surface area contributed by atoms with Gasteiger partial charge in [0.15, 0.2) is 6.61 Å². The van der Waals surface area contributed by atoms with Gasteiger partial charge in [0.25, 0.3) is 5.91 Å². The lowest BCUT2D eigenvalue weighted by atomic mass is 10.1. The van der Waals surface area contributed by atoms with Crippen LogP contribution in [0, 0.1) is 13.8 Å². The average molecular weight is 378 g/mol. The van der Waals surface area contributed by atoms with E-state index in [0.29, 0.717) is 22.3 Å². The van der Waals surface area contributed by atoms with Gasteiger partial charge in [-0.25, -0.2) is 0 Å². The third kappa shape index (κ3) is 4.82. The van der Waals surface area contributed by atoms with E-state index in [-0.39, 0.29) is 18.6 Å². The summed E-state index contributed by atoms with van der Waals surface area (Å²) in [6.45, 7) is 5.60. The smallest absolute Gasteiger partial charge is 0.258 e. The summed E-state index contributed by atoms with van der Waals surface area (Å²) in [7, 11) is 3.19. The van der Waals surface area contributed by atoms with E-state index >= 15 is 0 Å². The molecule has 1 N–H and O–H groups in total. The normalized spacial score (nSPS) is 11.6. The number of hydrogen-bond acceptors (Lipinski definition) is 4. The van der Waals surface area contributed by atoms with Gasteiger partial charge in [0, 0.05) is 10.6 Å². The summed E-state index contributed by atoms with van der Waals surface area (Å²) in [5, 5.41) is 3.62. The van der Waals surface area contributed by atoms with E-state index in [1.54, 1.807) is 14.2 Å². The molecule has 1 amide bonds. The van der Waals surface area contributed by atoms with E-state index < -0.39 is 0 Å². The molecule has 0 saturated heterocycles. The lowest BCUT2D eigenvalue weighted by Gasteiger charge is -2.18. The number of aryl methyl sites for hydroxylation is 2. The molecule has 1 atom stereocenters. The number of methoxy groups -OCH3 is 2. The van der Waals surface area contributed by atoms with Crippen molar-refractivity contribution in [1.82, 2.24) is 5.32 Å². The minimum atomic E-state index is -0.259. The summed E-state index contributed by atoms with van der Waals surface area (Å²) in [6, 6.07) is 8.84. The van der Waals surface area contributed by atoms with Crippen molar-refractivity contribution in [2.24, 2.45) is 0 Å². The fourth-order valence-corrected chi connectivity index (χ4v) is 2.79. The molecule has 0 aliphatic carbocycles. The number of carbonyl (C=O) groups excluding carboxylic acids is 1. The maximum atomic E-state index is 12.3. The first-order valence-corrected chi connectivity index (χ1v) is 8.64. The second-order valence-corrected chi connectivity index (χ2v) is 6.43. The van der Waals surface area contributed by atoms with E-state index in [2.05, 4.69) is 5.32 Å². The highest BCUT2D eigenvalue weighted by molar-refractivity contribution is 6.32. The van der Waals surface area contributed by atoms with E-state index in [1.807, 2.05) is 51.1 Å². The molecule has 0 unspecified atom stereocenters. The Labute approximate surface area is 159 Å². The van der Waals surface area contributed by atoms with E-state index in [4.69, 9.17) is 25.8 Å². The highest BCUT2D eigenvalue weighted by atomic mass is 35.5. The van der Waals surface area contributed by atoms with Gasteiger partial charge in [0.05, 0.1) is 20.3 Å². The van der Waals surface area contributed by atoms with Crippen molar-refractivity contribution >= 4 is 17.5 Å². The van der Waals surface area contributed by atoms with Crippen molar-refractivity contribution in [2.45, 2.75) is 26.8 Å². The largest absolute Gasteiger partial charge is 0.497 e. The molecular weight excluding hydrogens is 354 g/mol. The van der Waals surface area contributed by atoms with Crippen LogP contribution in [0.5, 0.6) is 17.2 Å². The first kappa shape index (κ1) is 19.9. The Kier molecular flexibility index (Phi) is 6.75. The van der Waals surface area contributed by atoms with Gasteiger partial charge in [0.2, 0.25) is 0 Å². The number of amides is 1. The van der Waals surface area contributed by atoms with Crippen LogP contribution >= 0.6 is 11.6 Å². The molecule has 0 radical (unpaired) electrons. The molecule has 26 heavy (non-hydrogen) atoms. The quantitative estimate of drug-likeness (QED) is 0.784. The molecule has 0 saturated carbocycles. The number of carbonyl (C=O) groups is 1. The van der Waals surface area contributed by atoms with E-state index in [1.165, 1.54) is 0 Å². The third-order valence-electron chi connectivity index (χ3n) is 4.06. The van der Waals surface area contributed by atoms with Gasteiger partial charge in [0.1, 0.15) is 17.2 Å². The molecule has 2 rings (SSSR count). The molecule has 140 valence electrons. The molecule has 2 aromatic carbocycles. The van der Waals surface area contributed by atoms with Crippen molar-refractivity contribution in [3.05, 3.63) is 52.0 Å². The number of halogens is 1. The van der Waals surface area contributed by atoms with Crippen molar-refractivity contribution in [3.63, 3.8) is 0 Å². The summed E-state index contributed by atoms with van der Waals surface area (Å²) in [4.78, 5) is 12.3. The maximum absolute atomic E-state index is 12.3. The van der Waals surface area contributed by atoms with E-state index in [0.717, 1.165) is 16.7 Å². The molecule has 0 spiro atoms. The van der Waals surface area contributed by atoms with Crippen molar-refractivity contribution in [3.8, 4) is 17.2 Å². The number of ether oxygens (including phenoxy) is 3. The van der Waals surface area contributed by atoms with Crippen LogP contribution in [0.3, 0.4) is 0 Å². The molecule has 0 aliphatic rings. The Bertz CT molecular complexity index is 768. The fraction of sp³-hybridized carbons (Fsp3) is 0.350. The monoisotopic (exact) mass is 377 g/mol. The second kappa shape index (κ2) is 8.81. The zero-order chi connectivity index (χ0) is 19.3. The molecule has 2 aromatic rings. The van der Waals surface area contributed by atoms with Gasteiger partial charge < -0.3 is 19.5 Å². The standard InChI is InChI=1S/C20H24ClNO4/c1-12-8-16(9-13(2)20(12)21)26-11-19(23)22-14(3)17-10-15(24-4)6-7-18(17)25-5/h6-10,14H,11H2,1-5H3,(H,22,23)/t14-/m1/s1. The predicted molar refractivity (Wildman–Crippen MR) is 103 cm³/mol. The Hall–Kier alpha value is -2.40. The zero-order valence-corrected chi connectivity index (χ0v) is 16.4. The van der Waals surface area contributed by atoms with Crippen molar-refractivity contribution < 1.29 is 19.0 Å². The Morgan fingerprint density at radius 1 is 1.08 bits per heavy atom. The summed E-state index contributed by atoms with van der Waals surface area (Å²) in [5.41, 5.74) is 2.66. The van der Waals surface area contributed by atoms with Crippen LogP contribution < -0.4 is 19.5 Å². The molecule has 0 heterocycles. The van der Waals surface area contributed by atoms with Gasteiger partial charge in [-0.2, -0.15) is 0 Å². The molecular formula is C20H24ClNO4.